The van der Waals surface area contributed by atoms with Crippen LogP contribution in [0.25, 0.3) is 0 Å². The second-order valence-corrected chi connectivity index (χ2v) is 5.70. The van der Waals surface area contributed by atoms with Crippen molar-refractivity contribution in [3.8, 4) is 12.3 Å². The number of nitrogens with zero attached hydrogens (tertiary/aromatic N) is 2. The Morgan fingerprint density at radius 2 is 2.14 bits per heavy atom. The SMILES string of the molecule is C#CCN1C(=O)N=C(N)C12CCCCC2c1ccccc1. The zero-order chi connectivity index (χ0) is 14.9. The van der Waals surface area contributed by atoms with E-state index in [4.69, 9.17) is 12.2 Å². The minimum atomic E-state index is -0.539. The van der Waals surface area contributed by atoms with Crippen LogP contribution in [0.2, 0.25) is 0 Å². The lowest BCUT2D eigenvalue weighted by atomic mass is 9.68. The number of aliphatic imine (C=N–C) groups is 1. The molecular weight excluding hydrogens is 262 g/mol. The monoisotopic (exact) mass is 281 g/mol. The fourth-order valence-corrected chi connectivity index (χ4v) is 3.78. The van der Waals surface area contributed by atoms with E-state index in [0.29, 0.717) is 5.84 Å². The van der Waals surface area contributed by atoms with Crippen LogP contribution in [0.4, 0.5) is 4.79 Å². The average molecular weight is 281 g/mol. The minimum absolute atomic E-state index is 0.163. The summed E-state index contributed by atoms with van der Waals surface area (Å²) in [6.07, 6.45) is 9.45. The number of benzene rings is 1. The quantitative estimate of drug-likeness (QED) is 0.847. The summed E-state index contributed by atoms with van der Waals surface area (Å²) in [4.78, 5) is 17.9. The van der Waals surface area contributed by atoms with Gasteiger partial charge in [-0.1, -0.05) is 49.1 Å². The van der Waals surface area contributed by atoms with Gasteiger partial charge in [0.15, 0.2) is 0 Å². The van der Waals surface area contributed by atoms with Gasteiger partial charge in [0, 0.05) is 5.92 Å². The van der Waals surface area contributed by atoms with E-state index in [1.807, 2.05) is 18.2 Å². The predicted octanol–water partition coefficient (Wildman–Crippen LogP) is 2.51. The number of terminal acetylenes is 1. The third-order valence-electron chi connectivity index (χ3n) is 4.70. The zero-order valence-electron chi connectivity index (χ0n) is 12.0. The number of amidine groups is 1. The zero-order valence-corrected chi connectivity index (χ0v) is 12.0. The molecule has 0 aromatic heterocycles. The summed E-state index contributed by atoms with van der Waals surface area (Å²) in [7, 11) is 0. The smallest absolute Gasteiger partial charge is 0.346 e. The maximum absolute atomic E-state index is 12.2. The van der Waals surface area contributed by atoms with Gasteiger partial charge in [-0.2, -0.15) is 4.99 Å². The average Bonchev–Trinajstić information content (AvgIpc) is 2.74. The van der Waals surface area contributed by atoms with Crippen LogP contribution >= 0.6 is 0 Å². The van der Waals surface area contributed by atoms with Crippen LogP contribution in [0.5, 0.6) is 0 Å². The van der Waals surface area contributed by atoms with Gasteiger partial charge in [0.1, 0.15) is 11.4 Å². The first kappa shape index (κ1) is 13.7. The van der Waals surface area contributed by atoms with E-state index in [0.717, 1.165) is 25.7 Å². The number of rotatable bonds is 2. The molecule has 2 amide bonds. The van der Waals surface area contributed by atoms with Gasteiger partial charge >= 0.3 is 6.03 Å². The van der Waals surface area contributed by atoms with Crippen molar-refractivity contribution in [1.82, 2.24) is 4.90 Å². The van der Waals surface area contributed by atoms with Gasteiger partial charge in [-0.25, -0.2) is 4.79 Å². The third-order valence-corrected chi connectivity index (χ3v) is 4.70. The molecule has 1 aromatic carbocycles. The normalized spacial score (nSPS) is 28.5. The third kappa shape index (κ3) is 2.01. The molecule has 0 radical (unpaired) electrons. The van der Waals surface area contributed by atoms with E-state index in [-0.39, 0.29) is 18.5 Å². The molecule has 1 heterocycles. The molecule has 2 aliphatic rings. The number of carbonyl (C=O) groups excluding carboxylic acids is 1. The molecule has 2 unspecified atom stereocenters. The summed E-state index contributed by atoms with van der Waals surface area (Å²) in [6.45, 7) is 0.256. The molecule has 21 heavy (non-hydrogen) atoms. The highest BCUT2D eigenvalue weighted by molar-refractivity contribution is 6.06. The Morgan fingerprint density at radius 1 is 1.38 bits per heavy atom. The summed E-state index contributed by atoms with van der Waals surface area (Å²) in [5, 5.41) is 0. The maximum Gasteiger partial charge on any atom is 0.346 e. The van der Waals surface area contributed by atoms with Gasteiger partial charge < -0.3 is 5.73 Å². The van der Waals surface area contributed by atoms with E-state index in [2.05, 4.69) is 23.0 Å². The summed E-state index contributed by atoms with van der Waals surface area (Å²) < 4.78 is 0. The van der Waals surface area contributed by atoms with Gasteiger partial charge in [-0.15, -0.1) is 6.42 Å². The maximum atomic E-state index is 12.2. The molecule has 108 valence electrons. The molecule has 1 fully saturated rings. The Hall–Kier alpha value is -2.28. The Bertz CT molecular complexity index is 617. The molecule has 0 bridgehead atoms. The van der Waals surface area contributed by atoms with Crippen molar-refractivity contribution >= 4 is 11.9 Å². The van der Waals surface area contributed by atoms with E-state index >= 15 is 0 Å². The summed E-state index contributed by atoms with van der Waals surface area (Å²) in [6, 6.07) is 9.94. The van der Waals surface area contributed by atoms with Crippen molar-refractivity contribution in [2.45, 2.75) is 37.1 Å². The van der Waals surface area contributed by atoms with Gasteiger partial charge in [-0.05, 0) is 18.4 Å². The van der Waals surface area contributed by atoms with Crippen LogP contribution in [0.15, 0.2) is 35.3 Å². The van der Waals surface area contributed by atoms with Crippen LogP contribution in [0.3, 0.4) is 0 Å². The molecule has 3 rings (SSSR count). The molecule has 1 saturated carbocycles. The first-order valence-electron chi connectivity index (χ1n) is 7.35. The molecule has 4 heteroatoms. The van der Waals surface area contributed by atoms with E-state index < -0.39 is 5.54 Å². The van der Waals surface area contributed by atoms with Crippen molar-refractivity contribution in [1.29, 1.82) is 0 Å². The lowest BCUT2D eigenvalue weighted by molar-refractivity contribution is 0.136. The molecular formula is C17H19N3O. The van der Waals surface area contributed by atoms with Crippen LogP contribution in [-0.4, -0.2) is 28.9 Å². The molecule has 2 N–H and O–H groups in total. The fourth-order valence-electron chi connectivity index (χ4n) is 3.78. The highest BCUT2D eigenvalue weighted by atomic mass is 16.2. The Labute approximate surface area is 125 Å². The van der Waals surface area contributed by atoms with E-state index in [9.17, 15) is 4.79 Å². The van der Waals surface area contributed by atoms with Crippen molar-refractivity contribution in [2.24, 2.45) is 10.7 Å². The van der Waals surface area contributed by atoms with Crippen LogP contribution in [0.1, 0.15) is 37.2 Å². The molecule has 1 aliphatic carbocycles. The second kappa shape index (κ2) is 5.25. The molecule has 1 aliphatic heterocycles. The molecule has 2 atom stereocenters. The topological polar surface area (TPSA) is 58.7 Å². The van der Waals surface area contributed by atoms with E-state index in [1.54, 1.807) is 4.90 Å². The molecule has 1 aromatic rings. The van der Waals surface area contributed by atoms with Crippen molar-refractivity contribution in [3.05, 3.63) is 35.9 Å². The van der Waals surface area contributed by atoms with Gasteiger partial charge in [-0.3, -0.25) is 4.90 Å². The van der Waals surface area contributed by atoms with E-state index in [1.165, 1.54) is 5.56 Å². The highest BCUT2D eigenvalue weighted by Gasteiger charge is 2.54. The lowest BCUT2D eigenvalue weighted by Gasteiger charge is -2.46. The molecule has 4 nitrogen and oxygen atoms in total. The summed E-state index contributed by atoms with van der Waals surface area (Å²) in [5.74, 6) is 3.17. The molecule has 0 saturated heterocycles. The highest BCUT2D eigenvalue weighted by Crippen LogP contribution is 2.47. The standard InChI is InChI=1S/C17H19N3O/c1-2-12-20-16(21)19-15(18)17(20)11-7-6-10-14(17)13-8-4-3-5-9-13/h1,3-5,8-9,14H,6-7,10-12H2,(H2,18,19,21). The first-order valence-corrected chi connectivity index (χ1v) is 7.35. The lowest BCUT2D eigenvalue weighted by Crippen LogP contribution is -2.59. The van der Waals surface area contributed by atoms with Crippen LogP contribution in [-0.2, 0) is 0 Å². The number of hydrogen-bond acceptors (Lipinski definition) is 2. The fraction of sp³-hybridized carbons (Fsp3) is 0.412. The van der Waals surface area contributed by atoms with Gasteiger partial charge in [0.05, 0.1) is 6.54 Å². The Morgan fingerprint density at radius 3 is 2.86 bits per heavy atom. The first-order chi connectivity index (χ1) is 10.2. The summed E-state index contributed by atoms with van der Waals surface area (Å²) >= 11 is 0. The Balaban J connectivity index is 2.09. The van der Waals surface area contributed by atoms with Crippen molar-refractivity contribution < 1.29 is 4.79 Å². The van der Waals surface area contributed by atoms with Crippen molar-refractivity contribution in [3.63, 3.8) is 0 Å². The van der Waals surface area contributed by atoms with Crippen LogP contribution < -0.4 is 5.73 Å². The number of hydrogen-bond donors (Lipinski definition) is 1. The number of nitrogens with two attached hydrogens (primary N) is 1. The van der Waals surface area contributed by atoms with Crippen LogP contribution in [0, 0.1) is 12.3 Å². The molecule has 1 spiro atoms. The number of carbonyl (C=O) groups is 1. The van der Waals surface area contributed by atoms with Crippen molar-refractivity contribution in [2.75, 3.05) is 6.54 Å². The Kier molecular flexibility index (Phi) is 3.42. The summed E-state index contributed by atoms with van der Waals surface area (Å²) in [5.41, 5.74) is 6.86. The largest absolute Gasteiger partial charge is 0.385 e. The predicted molar refractivity (Wildman–Crippen MR) is 82.9 cm³/mol. The second-order valence-electron chi connectivity index (χ2n) is 5.70. The van der Waals surface area contributed by atoms with Gasteiger partial charge in [0.2, 0.25) is 0 Å². The number of urea groups is 1. The number of amides is 2. The van der Waals surface area contributed by atoms with Gasteiger partial charge in [0.25, 0.3) is 0 Å². The minimum Gasteiger partial charge on any atom is -0.385 e.